The Morgan fingerprint density at radius 3 is 2.72 bits per heavy atom. The second kappa shape index (κ2) is 6.14. The highest BCUT2D eigenvalue weighted by atomic mass is 15.1. The van der Waals surface area contributed by atoms with Gasteiger partial charge >= 0.3 is 0 Å². The zero-order chi connectivity index (χ0) is 13.0. The molecule has 1 aliphatic rings. The average molecular weight is 248 g/mol. The Morgan fingerprint density at radius 1 is 1.22 bits per heavy atom. The van der Waals surface area contributed by atoms with Crippen molar-refractivity contribution in [1.82, 2.24) is 14.9 Å². The summed E-state index contributed by atoms with van der Waals surface area (Å²) >= 11 is 0. The zero-order valence-corrected chi connectivity index (χ0v) is 11.8. The first-order valence-electron chi connectivity index (χ1n) is 6.82. The molecule has 1 atom stereocenters. The summed E-state index contributed by atoms with van der Waals surface area (Å²) in [6.07, 6.45) is 8.80. The summed E-state index contributed by atoms with van der Waals surface area (Å²) in [6, 6.07) is 0. The van der Waals surface area contributed by atoms with Gasteiger partial charge in [-0.3, -0.25) is 4.98 Å². The largest absolute Gasteiger partial charge is 0.361 e. The van der Waals surface area contributed by atoms with E-state index < -0.39 is 0 Å². The number of rotatable bonds is 3. The Morgan fingerprint density at radius 2 is 2.06 bits per heavy atom. The zero-order valence-electron chi connectivity index (χ0n) is 11.8. The number of hydrogen-bond donors (Lipinski definition) is 0. The van der Waals surface area contributed by atoms with Crippen LogP contribution in [0.3, 0.4) is 0 Å². The molecule has 0 amide bonds. The quantitative estimate of drug-likeness (QED) is 0.817. The smallest absolute Gasteiger partial charge is 0.146 e. The summed E-state index contributed by atoms with van der Waals surface area (Å²) in [5.74, 6) is 1.70. The molecule has 2 rings (SSSR count). The van der Waals surface area contributed by atoms with Crippen LogP contribution in [0.5, 0.6) is 0 Å². The highest BCUT2D eigenvalue weighted by Crippen LogP contribution is 2.20. The predicted octanol–water partition coefficient (Wildman–Crippen LogP) is 1.82. The molecular weight excluding hydrogens is 224 g/mol. The van der Waals surface area contributed by atoms with E-state index in [1.807, 2.05) is 31.4 Å². The molecule has 0 saturated carbocycles. The highest BCUT2D eigenvalue weighted by Gasteiger charge is 2.15. The maximum absolute atomic E-state index is 4.53. The summed E-state index contributed by atoms with van der Waals surface area (Å²) in [4.78, 5) is 13.4. The molecule has 0 aromatic carbocycles. The van der Waals surface area contributed by atoms with Crippen LogP contribution in [0.25, 0.3) is 0 Å². The Kier molecular flexibility index (Phi) is 4.53. The molecule has 1 aromatic rings. The lowest BCUT2D eigenvalue weighted by Crippen LogP contribution is -2.19. The molecule has 0 spiro atoms. The molecule has 18 heavy (non-hydrogen) atoms. The van der Waals surface area contributed by atoms with Crippen molar-refractivity contribution in [1.29, 1.82) is 0 Å². The van der Waals surface area contributed by atoms with Crippen molar-refractivity contribution in [2.75, 3.05) is 39.1 Å². The minimum absolute atomic E-state index is 0.773. The molecule has 2 heterocycles. The van der Waals surface area contributed by atoms with Crippen LogP contribution in [-0.4, -0.2) is 49.1 Å². The monoisotopic (exact) mass is 248 g/mol. The fourth-order valence-electron chi connectivity index (χ4n) is 2.49. The van der Waals surface area contributed by atoms with Crippen molar-refractivity contribution in [3.63, 3.8) is 0 Å². The van der Waals surface area contributed by atoms with Gasteiger partial charge in [-0.2, -0.15) is 0 Å². The first kappa shape index (κ1) is 13.3. The first-order valence-corrected chi connectivity index (χ1v) is 6.82. The molecule has 0 radical (unpaired) electrons. The lowest BCUT2D eigenvalue weighted by atomic mass is 9.95. The third-order valence-corrected chi connectivity index (χ3v) is 3.72. The second-order valence-electron chi connectivity index (χ2n) is 5.56. The Labute approximate surface area is 110 Å². The molecule has 1 saturated heterocycles. The standard InChI is InChI=1S/C14H24N4/c1-17(2)14-11-15-13(10-16-14)9-12-5-4-7-18(3)8-6-12/h10-12H,4-9H2,1-3H3/t12-/m1/s1. The van der Waals surface area contributed by atoms with E-state index in [0.29, 0.717) is 0 Å². The minimum Gasteiger partial charge on any atom is -0.361 e. The lowest BCUT2D eigenvalue weighted by molar-refractivity contribution is 0.341. The van der Waals surface area contributed by atoms with Crippen molar-refractivity contribution < 1.29 is 0 Å². The third kappa shape index (κ3) is 3.67. The van der Waals surface area contributed by atoms with Gasteiger partial charge in [-0.1, -0.05) is 0 Å². The van der Waals surface area contributed by atoms with Crippen LogP contribution in [0.15, 0.2) is 12.4 Å². The summed E-state index contributed by atoms with van der Waals surface area (Å²) in [6.45, 7) is 2.45. The molecule has 4 heteroatoms. The molecule has 100 valence electrons. The van der Waals surface area contributed by atoms with E-state index in [-0.39, 0.29) is 0 Å². The van der Waals surface area contributed by atoms with E-state index in [1.165, 1.54) is 32.4 Å². The topological polar surface area (TPSA) is 32.3 Å². The lowest BCUT2D eigenvalue weighted by Gasteiger charge is -2.15. The molecule has 1 fully saturated rings. The van der Waals surface area contributed by atoms with Gasteiger partial charge in [-0.05, 0) is 51.7 Å². The molecule has 0 unspecified atom stereocenters. The summed E-state index contributed by atoms with van der Waals surface area (Å²) in [5.41, 5.74) is 1.13. The van der Waals surface area contributed by atoms with Gasteiger partial charge in [0.05, 0.1) is 18.1 Å². The average Bonchev–Trinajstić information content (AvgIpc) is 2.55. The van der Waals surface area contributed by atoms with Crippen molar-refractivity contribution in [3.8, 4) is 0 Å². The molecule has 4 nitrogen and oxygen atoms in total. The van der Waals surface area contributed by atoms with Gasteiger partial charge in [0.25, 0.3) is 0 Å². The van der Waals surface area contributed by atoms with E-state index in [1.54, 1.807) is 0 Å². The molecule has 0 aliphatic carbocycles. The van der Waals surface area contributed by atoms with E-state index in [4.69, 9.17) is 0 Å². The van der Waals surface area contributed by atoms with Gasteiger partial charge in [0.15, 0.2) is 0 Å². The van der Waals surface area contributed by atoms with E-state index in [9.17, 15) is 0 Å². The van der Waals surface area contributed by atoms with Crippen LogP contribution >= 0.6 is 0 Å². The van der Waals surface area contributed by atoms with Crippen LogP contribution in [0, 0.1) is 5.92 Å². The minimum atomic E-state index is 0.773. The molecule has 1 aliphatic heterocycles. The number of nitrogens with zero attached hydrogens (tertiary/aromatic N) is 4. The predicted molar refractivity (Wildman–Crippen MR) is 74.9 cm³/mol. The number of aromatic nitrogens is 2. The number of anilines is 1. The first-order chi connectivity index (χ1) is 8.65. The Hall–Kier alpha value is -1.16. The van der Waals surface area contributed by atoms with Crippen LogP contribution < -0.4 is 4.90 Å². The van der Waals surface area contributed by atoms with Gasteiger partial charge in [0.1, 0.15) is 5.82 Å². The van der Waals surface area contributed by atoms with Crippen LogP contribution in [-0.2, 0) is 6.42 Å². The van der Waals surface area contributed by atoms with E-state index in [2.05, 4.69) is 21.9 Å². The molecular formula is C14H24N4. The Balaban J connectivity index is 1.92. The Bertz CT molecular complexity index is 361. The van der Waals surface area contributed by atoms with E-state index >= 15 is 0 Å². The van der Waals surface area contributed by atoms with Gasteiger partial charge in [-0.25, -0.2) is 4.98 Å². The van der Waals surface area contributed by atoms with Gasteiger partial charge in [0.2, 0.25) is 0 Å². The molecule has 0 bridgehead atoms. The fraction of sp³-hybridized carbons (Fsp3) is 0.714. The normalized spacial score (nSPS) is 21.6. The number of hydrogen-bond acceptors (Lipinski definition) is 4. The summed E-state index contributed by atoms with van der Waals surface area (Å²) < 4.78 is 0. The number of likely N-dealkylation sites (tertiary alicyclic amines) is 1. The van der Waals surface area contributed by atoms with Crippen LogP contribution in [0.2, 0.25) is 0 Å². The molecule has 0 N–H and O–H groups in total. The SMILES string of the molecule is CN1CCC[C@@H](Cc2cnc(N(C)C)cn2)CC1. The van der Waals surface area contributed by atoms with Crippen molar-refractivity contribution in [3.05, 3.63) is 18.1 Å². The second-order valence-corrected chi connectivity index (χ2v) is 5.56. The fourth-order valence-corrected chi connectivity index (χ4v) is 2.49. The summed E-state index contributed by atoms with van der Waals surface area (Å²) in [7, 11) is 6.20. The van der Waals surface area contributed by atoms with Gasteiger partial charge in [0, 0.05) is 14.1 Å². The third-order valence-electron chi connectivity index (χ3n) is 3.72. The maximum atomic E-state index is 4.53. The van der Waals surface area contributed by atoms with Crippen molar-refractivity contribution >= 4 is 5.82 Å². The van der Waals surface area contributed by atoms with Crippen LogP contribution in [0.4, 0.5) is 5.82 Å². The summed E-state index contributed by atoms with van der Waals surface area (Å²) in [5, 5.41) is 0. The van der Waals surface area contributed by atoms with E-state index in [0.717, 1.165) is 23.9 Å². The molecule has 1 aromatic heterocycles. The maximum Gasteiger partial charge on any atom is 0.146 e. The van der Waals surface area contributed by atoms with Crippen molar-refractivity contribution in [2.45, 2.75) is 25.7 Å². The van der Waals surface area contributed by atoms with Gasteiger partial charge in [-0.15, -0.1) is 0 Å². The van der Waals surface area contributed by atoms with Crippen molar-refractivity contribution in [2.24, 2.45) is 5.92 Å². The van der Waals surface area contributed by atoms with Crippen LogP contribution in [0.1, 0.15) is 25.0 Å². The highest BCUT2D eigenvalue weighted by molar-refractivity contribution is 5.32. The van der Waals surface area contributed by atoms with Gasteiger partial charge < -0.3 is 9.80 Å².